The molecule has 0 spiro atoms. The third-order valence-corrected chi connectivity index (χ3v) is 4.37. The number of carbonyl (C=O) groups excluding carboxylic acids is 1. The summed E-state index contributed by atoms with van der Waals surface area (Å²) in [5.74, 6) is -0.737. The van der Waals surface area contributed by atoms with Gasteiger partial charge in [0.15, 0.2) is 0 Å². The van der Waals surface area contributed by atoms with Gasteiger partial charge in [0.1, 0.15) is 28.3 Å². The summed E-state index contributed by atoms with van der Waals surface area (Å²) >= 11 is 1.24. The summed E-state index contributed by atoms with van der Waals surface area (Å²) in [6.07, 6.45) is 1.41. The molecule has 6 nitrogen and oxygen atoms in total. The standard InChI is InChI=1S/C18H13FN4O2S/c19-13-3-1-2-11(4-13)8-21-16(25)6-14-10-26-18(23-14)17-15(24)5-12(7-20)9-22-17/h1-5,9-10,24H,6,8H2,(H,21,25). The van der Waals surface area contributed by atoms with Crippen molar-refractivity contribution >= 4 is 17.2 Å². The van der Waals surface area contributed by atoms with Crippen molar-refractivity contribution in [2.45, 2.75) is 13.0 Å². The topological polar surface area (TPSA) is 98.9 Å². The molecule has 2 aromatic heterocycles. The van der Waals surface area contributed by atoms with Crippen molar-refractivity contribution in [3.63, 3.8) is 0 Å². The molecule has 0 bridgehead atoms. The fraction of sp³-hybridized carbons (Fsp3) is 0.111. The number of nitriles is 1. The van der Waals surface area contributed by atoms with Crippen LogP contribution in [0.15, 0.2) is 41.9 Å². The monoisotopic (exact) mass is 368 g/mol. The summed E-state index contributed by atoms with van der Waals surface area (Å²) in [5.41, 5.74) is 1.72. The van der Waals surface area contributed by atoms with Gasteiger partial charge in [-0.15, -0.1) is 11.3 Å². The van der Waals surface area contributed by atoms with Gasteiger partial charge < -0.3 is 10.4 Å². The Hall–Kier alpha value is -3.31. The van der Waals surface area contributed by atoms with Gasteiger partial charge in [0.25, 0.3) is 0 Å². The summed E-state index contributed by atoms with van der Waals surface area (Å²) < 4.78 is 13.1. The van der Waals surface area contributed by atoms with E-state index in [1.807, 2.05) is 6.07 Å². The quantitative estimate of drug-likeness (QED) is 0.721. The minimum atomic E-state index is -0.351. The van der Waals surface area contributed by atoms with E-state index in [1.165, 1.54) is 35.7 Å². The number of halogens is 1. The molecule has 3 rings (SSSR count). The molecule has 0 fully saturated rings. The van der Waals surface area contributed by atoms with E-state index in [2.05, 4.69) is 15.3 Å². The zero-order chi connectivity index (χ0) is 18.5. The van der Waals surface area contributed by atoms with Crippen molar-refractivity contribution in [3.05, 3.63) is 64.5 Å². The molecule has 1 aromatic carbocycles. The first-order valence-corrected chi connectivity index (χ1v) is 8.48. The lowest BCUT2D eigenvalue weighted by atomic mass is 10.2. The molecule has 0 aliphatic heterocycles. The predicted octanol–water partition coefficient (Wildman–Crippen LogP) is 2.78. The second kappa shape index (κ2) is 7.72. The number of pyridine rings is 1. The Morgan fingerprint density at radius 2 is 2.23 bits per heavy atom. The number of hydrogen-bond acceptors (Lipinski definition) is 6. The largest absolute Gasteiger partial charge is 0.506 e. The SMILES string of the molecule is N#Cc1cnc(-c2nc(CC(=O)NCc3cccc(F)c3)cs2)c(O)c1. The van der Waals surface area contributed by atoms with Gasteiger partial charge in [0.2, 0.25) is 5.91 Å². The molecule has 0 saturated carbocycles. The second-order valence-corrected chi connectivity index (χ2v) is 6.29. The third-order valence-electron chi connectivity index (χ3n) is 3.47. The highest BCUT2D eigenvalue weighted by Gasteiger charge is 2.13. The number of nitrogens with zero attached hydrogens (tertiary/aromatic N) is 3. The second-order valence-electron chi connectivity index (χ2n) is 5.43. The average molecular weight is 368 g/mol. The first-order chi connectivity index (χ1) is 12.5. The maximum Gasteiger partial charge on any atom is 0.226 e. The molecule has 8 heteroatoms. The van der Waals surface area contributed by atoms with E-state index in [4.69, 9.17) is 5.26 Å². The fourth-order valence-electron chi connectivity index (χ4n) is 2.25. The number of rotatable bonds is 5. The van der Waals surface area contributed by atoms with Crippen LogP contribution in [-0.4, -0.2) is 21.0 Å². The van der Waals surface area contributed by atoms with Crippen LogP contribution in [0, 0.1) is 17.1 Å². The van der Waals surface area contributed by atoms with E-state index in [0.717, 1.165) is 0 Å². The van der Waals surface area contributed by atoms with Crippen LogP contribution in [0.2, 0.25) is 0 Å². The smallest absolute Gasteiger partial charge is 0.226 e. The Kier molecular flexibility index (Phi) is 5.20. The van der Waals surface area contributed by atoms with Crippen LogP contribution in [0.3, 0.4) is 0 Å². The van der Waals surface area contributed by atoms with E-state index in [1.54, 1.807) is 17.5 Å². The highest BCUT2D eigenvalue weighted by molar-refractivity contribution is 7.13. The Morgan fingerprint density at radius 1 is 1.38 bits per heavy atom. The number of aromatic hydroxyl groups is 1. The normalized spacial score (nSPS) is 10.3. The fourth-order valence-corrected chi connectivity index (χ4v) is 3.07. The Labute approximate surface area is 152 Å². The maximum absolute atomic E-state index is 13.1. The number of hydrogen-bond donors (Lipinski definition) is 2. The predicted molar refractivity (Wildman–Crippen MR) is 93.7 cm³/mol. The number of nitrogens with one attached hydrogen (secondary N) is 1. The van der Waals surface area contributed by atoms with Crippen LogP contribution in [-0.2, 0) is 17.8 Å². The van der Waals surface area contributed by atoms with Crippen LogP contribution in [0.4, 0.5) is 4.39 Å². The lowest BCUT2D eigenvalue weighted by Gasteiger charge is -2.04. The van der Waals surface area contributed by atoms with Crippen LogP contribution < -0.4 is 5.32 Å². The van der Waals surface area contributed by atoms with Crippen LogP contribution in [0.5, 0.6) is 5.75 Å². The maximum atomic E-state index is 13.1. The van der Waals surface area contributed by atoms with Gasteiger partial charge >= 0.3 is 0 Å². The highest BCUT2D eigenvalue weighted by Crippen LogP contribution is 2.30. The Bertz CT molecular complexity index is 997. The van der Waals surface area contributed by atoms with Gasteiger partial charge in [-0.1, -0.05) is 12.1 Å². The molecule has 0 aliphatic carbocycles. The molecule has 130 valence electrons. The summed E-state index contributed by atoms with van der Waals surface area (Å²) in [6, 6.07) is 9.22. The van der Waals surface area contributed by atoms with Gasteiger partial charge in [-0.05, 0) is 17.7 Å². The van der Waals surface area contributed by atoms with Crippen molar-refractivity contribution in [1.82, 2.24) is 15.3 Å². The third kappa shape index (κ3) is 4.20. The molecular weight excluding hydrogens is 355 g/mol. The number of amides is 1. The molecule has 0 radical (unpaired) electrons. The van der Waals surface area contributed by atoms with Gasteiger partial charge in [-0.2, -0.15) is 5.26 Å². The van der Waals surface area contributed by atoms with Crippen molar-refractivity contribution in [2.24, 2.45) is 0 Å². The zero-order valence-corrected chi connectivity index (χ0v) is 14.3. The van der Waals surface area contributed by atoms with Crippen LogP contribution in [0.25, 0.3) is 10.7 Å². The number of aromatic nitrogens is 2. The molecule has 0 saturated heterocycles. The zero-order valence-electron chi connectivity index (χ0n) is 13.4. The number of carbonyl (C=O) groups is 1. The number of benzene rings is 1. The molecular formula is C18H13FN4O2S. The van der Waals surface area contributed by atoms with E-state index in [0.29, 0.717) is 16.3 Å². The summed E-state index contributed by atoms with van der Waals surface area (Å²) in [5, 5.41) is 23.6. The lowest BCUT2D eigenvalue weighted by molar-refractivity contribution is -0.120. The summed E-state index contributed by atoms with van der Waals surface area (Å²) in [7, 11) is 0. The molecule has 1 amide bonds. The lowest BCUT2D eigenvalue weighted by Crippen LogP contribution is -2.24. The van der Waals surface area contributed by atoms with E-state index in [9.17, 15) is 14.3 Å². The van der Waals surface area contributed by atoms with Crippen molar-refractivity contribution in [3.8, 4) is 22.5 Å². The minimum absolute atomic E-state index is 0.0584. The van der Waals surface area contributed by atoms with Crippen molar-refractivity contribution in [1.29, 1.82) is 5.26 Å². The molecule has 26 heavy (non-hydrogen) atoms. The first kappa shape index (κ1) is 17.5. The van der Waals surface area contributed by atoms with Crippen molar-refractivity contribution < 1.29 is 14.3 Å². The molecule has 0 aliphatic rings. The highest BCUT2D eigenvalue weighted by atomic mass is 32.1. The average Bonchev–Trinajstić information content (AvgIpc) is 3.08. The van der Waals surface area contributed by atoms with Gasteiger partial charge in [-0.25, -0.2) is 14.4 Å². The first-order valence-electron chi connectivity index (χ1n) is 7.60. The van der Waals surface area contributed by atoms with Gasteiger partial charge in [0.05, 0.1) is 17.7 Å². The van der Waals surface area contributed by atoms with Crippen LogP contribution >= 0.6 is 11.3 Å². The van der Waals surface area contributed by atoms with E-state index < -0.39 is 0 Å². The van der Waals surface area contributed by atoms with Crippen molar-refractivity contribution in [2.75, 3.05) is 0 Å². The molecule has 0 atom stereocenters. The summed E-state index contributed by atoms with van der Waals surface area (Å²) in [4.78, 5) is 20.4. The van der Waals surface area contributed by atoms with Gasteiger partial charge in [0, 0.05) is 24.2 Å². The van der Waals surface area contributed by atoms with E-state index >= 15 is 0 Å². The minimum Gasteiger partial charge on any atom is -0.506 e. The molecule has 2 heterocycles. The van der Waals surface area contributed by atoms with Crippen LogP contribution in [0.1, 0.15) is 16.8 Å². The molecule has 3 aromatic rings. The summed E-state index contributed by atoms with van der Waals surface area (Å²) in [6.45, 7) is 0.228. The Balaban J connectivity index is 1.63. The Morgan fingerprint density at radius 3 is 2.96 bits per heavy atom. The van der Waals surface area contributed by atoms with E-state index in [-0.39, 0.29) is 41.7 Å². The molecule has 2 N–H and O–H groups in total. The molecule has 0 unspecified atom stereocenters. The van der Waals surface area contributed by atoms with Gasteiger partial charge in [-0.3, -0.25) is 4.79 Å². The number of thiazole rings is 1.